The van der Waals surface area contributed by atoms with E-state index >= 15 is 0 Å². The number of nitrogens with zero attached hydrogens (tertiary/aromatic N) is 1. The molecule has 2 rings (SSSR count). The van der Waals surface area contributed by atoms with E-state index in [4.69, 9.17) is 0 Å². The van der Waals surface area contributed by atoms with Gasteiger partial charge in [0.25, 0.3) is 0 Å². The first-order valence-electron chi connectivity index (χ1n) is 6.54. The normalized spacial score (nSPS) is 17.1. The van der Waals surface area contributed by atoms with Crippen LogP contribution in [-0.2, 0) is 0 Å². The van der Waals surface area contributed by atoms with Gasteiger partial charge in [0.05, 0.1) is 0 Å². The average molecular weight is 230 g/mol. The van der Waals surface area contributed by atoms with Crippen molar-refractivity contribution in [1.82, 2.24) is 5.32 Å². The lowest BCUT2D eigenvalue weighted by molar-refractivity contribution is 0.419. The first-order valence-corrected chi connectivity index (χ1v) is 6.54. The quantitative estimate of drug-likeness (QED) is 0.618. The third-order valence-corrected chi connectivity index (χ3v) is 3.40. The summed E-state index contributed by atoms with van der Waals surface area (Å²) in [7, 11) is 0. The Morgan fingerprint density at radius 1 is 1.24 bits per heavy atom. The highest BCUT2D eigenvalue weighted by Crippen LogP contribution is 2.19. The number of benzene rings is 1. The smallest absolute Gasteiger partial charge is 0.0366 e. The van der Waals surface area contributed by atoms with Crippen LogP contribution in [0.5, 0.6) is 0 Å². The number of rotatable bonds is 5. The fourth-order valence-corrected chi connectivity index (χ4v) is 2.37. The summed E-state index contributed by atoms with van der Waals surface area (Å²) >= 11 is 0. The zero-order chi connectivity index (χ0) is 11.9. The molecule has 0 aromatic heterocycles. The van der Waals surface area contributed by atoms with Crippen molar-refractivity contribution in [1.29, 1.82) is 0 Å². The monoisotopic (exact) mass is 230 g/mol. The molecule has 0 spiro atoms. The second kappa shape index (κ2) is 6.45. The van der Waals surface area contributed by atoms with Crippen LogP contribution < -0.4 is 10.2 Å². The lowest BCUT2D eigenvalue weighted by Gasteiger charge is -2.34. The molecule has 0 saturated carbocycles. The summed E-state index contributed by atoms with van der Waals surface area (Å²) in [4.78, 5) is 2.48. The van der Waals surface area contributed by atoms with Crippen LogP contribution in [0.4, 0.5) is 5.69 Å². The SMILES string of the molecule is C=CCCNC1CCN(c2ccccc2)CC1. The highest BCUT2D eigenvalue weighted by Gasteiger charge is 2.18. The van der Waals surface area contributed by atoms with Crippen molar-refractivity contribution in [3.63, 3.8) is 0 Å². The molecule has 1 aliphatic rings. The molecular formula is C15H22N2. The Hall–Kier alpha value is -1.28. The van der Waals surface area contributed by atoms with Gasteiger partial charge in [0.2, 0.25) is 0 Å². The van der Waals surface area contributed by atoms with E-state index in [2.05, 4.69) is 47.1 Å². The van der Waals surface area contributed by atoms with Crippen LogP contribution in [0.1, 0.15) is 19.3 Å². The summed E-state index contributed by atoms with van der Waals surface area (Å²) in [6.07, 6.45) is 5.53. The maximum atomic E-state index is 3.75. The average Bonchev–Trinajstić information content (AvgIpc) is 2.41. The molecule has 1 aliphatic heterocycles. The van der Waals surface area contributed by atoms with Gasteiger partial charge in [0.1, 0.15) is 0 Å². The zero-order valence-corrected chi connectivity index (χ0v) is 10.4. The van der Waals surface area contributed by atoms with Gasteiger partial charge in [-0.2, -0.15) is 0 Å². The van der Waals surface area contributed by atoms with Gasteiger partial charge in [0.15, 0.2) is 0 Å². The Bertz CT molecular complexity index is 326. The van der Waals surface area contributed by atoms with Gasteiger partial charge in [-0.05, 0) is 37.9 Å². The first kappa shape index (κ1) is 12.2. The minimum absolute atomic E-state index is 0.690. The Labute approximate surface area is 104 Å². The molecule has 0 atom stereocenters. The van der Waals surface area contributed by atoms with Crippen molar-refractivity contribution in [2.75, 3.05) is 24.5 Å². The standard InChI is InChI=1S/C15H22N2/c1-2-3-11-16-14-9-12-17(13-10-14)15-7-5-4-6-8-15/h2,4-8,14,16H,1,3,9-13H2. The molecule has 17 heavy (non-hydrogen) atoms. The van der Waals surface area contributed by atoms with E-state index in [-0.39, 0.29) is 0 Å². The van der Waals surface area contributed by atoms with Crippen LogP contribution in [0.15, 0.2) is 43.0 Å². The third kappa shape index (κ3) is 3.60. The minimum atomic E-state index is 0.690. The fourth-order valence-electron chi connectivity index (χ4n) is 2.37. The molecule has 92 valence electrons. The van der Waals surface area contributed by atoms with Gasteiger partial charge in [-0.3, -0.25) is 0 Å². The topological polar surface area (TPSA) is 15.3 Å². The number of nitrogens with one attached hydrogen (secondary N) is 1. The molecule has 1 N–H and O–H groups in total. The number of piperidine rings is 1. The van der Waals surface area contributed by atoms with Crippen LogP contribution in [-0.4, -0.2) is 25.7 Å². The molecule has 1 saturated heterocycles. The fraction of sp³-hybridized carbons (Fsp3) is 0.467. The van der Waals surface area contributed by atoms with Crippen molar-refractivity contribution in [3.8, 4) is 0 Å². The number of hydrogen-bond donors (Lipinski definition) is 1. The molecule has 1 fully saturated rings. The van der Waals surface area contributed by atoms with Crippen LogP contribution in [0, 0.1) is 0 Å². The second-order valence-electron chi connectivity index (χ2n) is 4.63. The van der Waals surface area contributed by atoms with Gasteiger partial charge < -0.3 is 10.2 Å². The van der Waals surface area contributed by atoms with E-state index in [0.29, 0.717) is 6.04 Å². The summed E-state index contributed by atoms with van der Waals surface area (Å²) in [5.41, 5.74) is 1.36. The number of hydrogen-bond acceptors (Lipinski definition) is 2. The van der Waals surface area contributed by atoms with Gasteiger partial charge >= 0.3 is 0 Å². The number of para-hydroxylation sites is 1. The summed E-state index contributed by atoms with van der Waals surface area (Å²) in [5.74, 6) is 0. The predicted molar refractivity (Wildman–Crippen MR) is 74.5 cm³/mol. The van der Waals surface area contributed by atoms with Crippen LogP contribution in [0.2, 0.25) is 0 Å². The van der Waals surface area contributed by atoms with Gasteiger partial charge in [-0.15, -0.1) is 6.58 Å². The van der Waals surface area contributed by atoms with Crippen LogP contribution in [0.25, 0.3) is 0 Å². The number of anilines is 1. The molecule has 0 amide bonds. The molecule has 0 radical (unpaired) electrons. The summed E-state index contributed by atoms with van der Waals surface area (Å²) < 4.78 is 0. The Morgan fingerprint density at radius 2 is 1.94 bits per heavy atom. The molecule has 1 aromatic carbocycles. The lowest BCUT2D eigenvalue weighted by Crippen LogP contribution is -2.42. The van der Waals surface area contributed by atoms with Gasteiger partial charge in [-0.1, -0.05) is 24.3 Å². The molecule has 0 unspecified atom stereocenters. The maximum Gasteiger partial charge on any atom is 0.0366 e. The van der Waals surface area contributed by atoms with Crippen molar-refractivity contribution in [2.45, 2.75) is 25.3 Å². The predicted octanol–water partition coefficient (Wildman–Crippen LogP) is 2.82. The summed E-state index contributed by atoms with van der Waals surface area (Å²) in [6, 6.07) is 11.4. The van der Waals surface area contributed by atoms with E-state index in [1.54, 1.807) is 0 Å². The van der Waals surface area contributed by atoms with E-state index in [9.17, 15) is 0 Å². The third-order valence-electron chi connectivity index (χ3n) is 3.40. The largest absolute Gasteiger partial charge is 0.371 e. The van der Waals surface area contributed by atoms with E-state index in [1.165, 1.54) is 18.5 Å². The van der Waals surface area contributed by atoms with Crippen LogP contribution >= 0.6 is 0 Å². The molecule has 1 aromatic rings. The van der Waals surface area contributed by atoms with E-state index in [1.807, 2.05) is 6.08 Å². The lowest BCUT2D eigenvalue weighted by atomic mass is 10.0. The Morgan fingerprint density at radius 3 is 2.59 bits per heavy atom. The molecular weight excluding hydrogens is 208 g/mol. The molecule has 2 nitrogen and oxygen atoms in total. The molecule has 0 bridgehead atoms. The van der Waals surface area contributed by atoms with Gasteiger partial charge in [-0.25, -0.2) is 0 Å². The van der Waals surface area contributed by atoms with Gasteiger partial charge in [0, 0.05) is 24.8 Å². The first-order chi connectivity index (χ1) is 8.40. The summed E-state index contributed by atoms with van der Waals surface area (Å²) in [5, 5.41) is 3.60. The van der Waals surface area contributed by atoms with E-state index < -0.39 is 0 Å². The maximum absolute atomic E-state index is 3.75. The van der Waals surface area contributed by atoms with E-state index in [0.717, 1.165) is 26.1 Å². The second-order valence-corrected chi connectivity index (χ2v) is 4.63. The minimum Gasteiger partial charge on any atom is -0.371 e. The van der Waals surface area contributed by atoms with Crippen LogP contribution in [0.3, 0.4) is 0 Å². The van der Waals surface area contributed by atoms with Crippen molar-refractivity contribution in [2.24, 2.45) is 0 Å². The zero-order valence-electron chi connectivity index (χ0n) is 10.4. The highest BCUT2D eigenvalue weighted by atomic mass is 15.1. The highest BCUT2D eigenvalue weighted by molar-refractivity contribution is 5.46. The Kier molecular flexibility index (Phi) is 4.63. The van der Waals surface area contributed by atoms with Crippen molar-refractivity contribution >= 4 is 5.69 Å². The molecule has 0 aliphatic carbocycles. The molecule has 1 heterocycles. The van der Waals surface area contributed by atoms with Crippen molar-refractivity contribution < 1.29 is 0 Å². The summed E-state index contributed by atoms with van der Waals surface area (Å²) in [6.45, 7) is 7.14. The molecule has 2 heteroatoms. The Balaban J connectivity index is 1.76. The van der Waals surface area contributed by atoms with Crippen molar-refractivity contribution in [3.05, 3.63) is 43.0 Å².